The molecule has 0 amide bonds. The third-order valence-corrected chi connectivity index (χ3v) is 2.88. The Morgan fingerprint density at radius 1 is 1.39 bits per heavy atom. The third-order valence-electron chi connectivity index (χ3n) is 2.88. The Hall–Kier alpha value is -2.46. The minimum absolute atomic E-state index is 0.136. The summed E-state index contributed by atoms with van der Waals surface area (Å²) in [4.78, 5) is 25.1. The van der Waals surface area contributed by atoms with Crippen LogP contribution in [0.4, 0.5) is 10.7 Å². The van der Waals surface area contributed by atoms with E-state index in [1.807, 2.05) is 14.1 Å². The minimum atomic E-state index is -1.25. The van der Waals surface area contributed by atoms with E-state index in [0.717, 1.165) is 0 Å². The average Bonchev–Trinajstić information content (AvgIpc) is 2.97. The number of hydrogen-bond donors (Lipinski definition) is 1. The number of anilines is 1. The van der Waals surface area contributed by atoms with Gasteiger partial charge in [-0.2, -0.15) is 4.98 Å². The molecule has 0 fully saturated rings. The van der Waals surface area contributed by atoms with Crippen LogP contribution in [0.1, 0.15) is 12.8 Å². The lowest BCUT2D eigenvalue weighted by Crippen LogP contribution is -2.16. The van der Waals surface area contributed by atoms with Gasteiger partial charge in [0.2, 0.25) is 12.4 Å². The van der Waals surface area contributed by atoms with Crippen molar-refractivity contribution in [3.8, 4) is 0 Å². The molecule has 0 saturated carbocycles. The smallest absolute Gasteiger partial charge is 0.438 e. The molecule has 0 aliphatic carbocycles. The van der Waals surface area contributed by atoms with Crippen molar-refractivity contribution >= 4 is 23.3 Å². The molecular formula is C13H19N5O5. The molecule has 2 rings (SSSR count). The van der Waals surface area contributed by atoms with Crippen LogP contribution in [-0.2, 0) is 14.2 Å². The molecule has 1 N–H and O–H groups in total. The van der Waals surface area contributed by atoms with Crippen LogP contribution in [0.2, 0.25) is 0 Å². The van der Waals surface area contributed by atoms with Crippen molar-refractivity contribution in [2.45, 2.75) is 12.8 Å². The van der Waals surface area contributed by atoms with E-state index in [-0.39, 0.29) is 13.2 Å². The van der Waals surface area contributed by atoms with Gasteiger partial charge in [0.1, 0.15) is 11.8 Å². The van der Waals surface area contributed by atoms with E-state index in [2.05, 4.69) is 19.7 Å². The number of aromatic nitrogens is 4. The Morgan fingerprint density at radius 2 is 2.17 bits per heavy atom. The number of methoxy groups -OCH3 is 1. The Labute approximate surface area is 132 Å². The summed E-state index contributed by atoms with van der Waals surface area (Å²) in [6.45, 7) is 0.320. The molecule has 2 aromatic rings. The summed E-state index contributed by atoms with van der Waals surface area (Å²) >= 11 is 0. The number of imidazole rings is 1. The largest absolute Gasteiger partial charge is 0.507 e. The maximum atomic E-state index is 10.8. The van der Waals surface area contributed by atoms with Crippen molar-refractivity contribution < 1.29 is 24.1 Å². The van der Waals surface area contributed by atoms with Crippen LogP contribution in [0.3, 0.4) is 0 Å². The quantitative estimate of drug-likeness (QED) is 0.442. The number of rotatable bonds is 7. The number of carbonyl (C=O) groups excluding carboxylic acids is 1. The van der Waals surface area contributed by atoms with Gasteiger partial charge in [-0.1, -0.05) is 0 Å². The van der Waals surface area contributed by atoms with Gasteiger partial charge in [0, 0.05) is 20.5 Å². The molecule has 1 atom stereocenters. The first-order chi connectivity index (χ1) is 11.0. The monoisotopic (exact) mass is 325 g/mol. The predicted octanol–water partition coefficient (Wildman–Crippen LogP) is 0.530. The first kappa shape index (κ1) is 16.9. The maximum absolute atomic E-state index is 10.8. The van der Waals surface area contributed by atoms with E-state index < -0.39 is 12.6 Å². The molecule has 0 saturated heterocycles. The number of ether oxygens (including phenoxy) is 3. The molecule has 10 nitrogen and oxygen atoms in total. The third kappa shape index (κ3) is 4.27. The fourth-order valence-corrected chi connectivity index (χ4v) is 1.74. The molecule has 0 aliphatic heterocycles. The summed E-state index contributed by atoms with van der Waals surface area (Å²) in [5, 5.41) is 10.1. The second-order valence-corrected chi connectivity index (χ2v) is 4.78. The van der Waals surface area contributed by atoms with Crippen molar-refractivity contribution in [3.05, 3.63) is 12.5 Å². The van der Waals surface area contributed by atoms with E-state index in [0.29, 0.717) is 23.5 Å². The SMILES string of the molecule is COC(=O)OCCCOC(O)n1cnc2cnc(N(C)C)nc21. The topological polar surface area (TPSA) is 112 Å². The van der Waals surface area contributed by atoms with Gasteiger partial charge in [-0.25, -0.2) is 14.8 Å². The van der Waals surface area contributed by atoms with Crippen LogP contribution in [0, 0.1) is 0 Å². The predicted molar refractivity (Wildman–Crippen MR) is 79.8 cm³/mol. The normalized spacial score (nSPS) is 12.2. The van der Waals surface area contributed by atoms with Crippen molar-refractivity contribution in [3.63, 3.8) is 0 Å². The van der Waals surface area contributed by atoms with Crippen LogP contribution >= 0.6 is 0 Å². The van der Waals surface area contributed by atoms with Crippen LogP contribution in [0.5, 0.6) is 0 Å². The number of nitrogens with zero attached hydrogens (tertiary/aromatic N) is 5. The highest BCUT2D eigenvalue weighted by atomic mass is 16.7. The van der Waals surface area contributed by atoms with E-state index in [1.165, 1.54) is 18.0 Å². The molecule has 2 aromatic heterocycles. The van der Waals surface area contributed by atoms with Gasteiger partial charge in [0.05, 0.1) is 26.5 Å². The Bertz CT molecular complexity index is 659. The number of aliphatic hydroxyl groups excluding tert-OH is 1. The van der Waals surface area contributed by atoms with E-state index >= 15 is 0 Å². The molecule has 2 heterocycles. The van der Waals surface area contributed by atoms with Gasteiger partial charge < -0.3 is 24.2 Å². The summed E-state index contributed by atoms with van der Waals surface area (Å²) in [7, 11) is 4.86. The van der Waals surface area contributed by atoms with Gasteiger partial charge in [-0.05, 0) is 0 Å². The van der Waals surface area contributed by atoms with Crippen molar-refractivity contribution in [1.82, 2.24) is 19.5 Å². The van der Waals surface area contributed by atoms with Crippen LogP contribution in [0.25, 0.3) is 11.2 Å². The fourth-order valence-electron chi connectivity index (χ4n) is 1.74. The molecule has 0 aliphatic rings. The van der Waals surface area contributed by atoms with Crippen LogP contribution in [0.15, 0.2) is 12.5 Å². The lowest BCUT2D eigenvalue weighted by atomic mass is 10.5. The number of aliphatic hydroxyl groups is 1. The van der Waals surface area contributed by atoms with Crippen molar-refractivity contribution in [2.75, 3.05) is 39.3 Å². The van der Waals surface area contributed by atoms with Gasteiger partial charge >= 0.3 is 6.16 Å². The van der Waals surface area contributed by atoms with Crippen LogP contribution < -0.4 is 4.90 Å². The number of hydrogen-bond acceptors (Lipinski definition) is 9. The minimum Gasteiger partial charge on any atom is -0.438 e. The molecule has 0 bridgehead atoms. The Kier molecular flexibility index (Phi) is 5.66. The molecule has 0 radical (unpaired) electrons. The second-order valence-electron chi connectivity index (χ2n) is 4.78. The zero-order valence-electron chi connectivity index (χ0n) is 13.2. The molecule has 0 aromatic carbocycles. The van der Waals surface area contributed by atoms with Gasteiger partial charge in [0.25, 0.3) is 0 Å². The van der Waals surface area contributed by atoms with Crippen LogP contribution in [-0.4, -0.2) is 65.2 Å². The maximum Gasteiger partial charge on any atom is 0.507 e. The van der Waals surface area contributed by atoms with E-state index in [1.54, 1.807) is 11.1 Å². The highest BCUT2D eigenvalue weighted by molar-refractivity contribution is 5.71. The van der Waals surface area contributed by atoms with Crippen molar-refractivity contribution in [2.24, 2.45) is 0 Å². The first-order valence-electron chi connectivity index (χ1n) is 6.90. The summed E-state index contributed by atoms with van der Waals surface area (Å²) in [6.07, 6.45) is 1.41. The van der Waals surface area contributed by atoms with Gasteiger partial charge in [-0.15, -0.1) is 0 Å². The van der Waals surface area contributed by atoms with Gasteiger partial charge in [-0.3, -0.25) is 4.57 Å². The Morgan fingerprint density at radius 3 is 2.87 bits per heavy atom. The zero-order valence-corrected chi connectivity index (χ0v) is 13.2. The lowest BCUT2D eigenvalue weighted by molar-refractivity contribution is -0.152. The number of carbonyl (C=O) groups is 1. The van der Waals surface area contributed by atoms with Crippen molar-refractivity contribution in [1.29, 1.82) is 0 Å². The molecule has 0 spiro atoms. The highest BCUT2D eigenvalue weighted by Gasteiger charge is 2.14. The fraction of sp³-hybridized carbons (Fsp3) is 0.538. The average molecular weight is 325 g/mol. The molecular weight excluding hydrogens is 306 g/mol. The van der Waals surface area contributed by atoms with E-state index in [4.69, 9.17) is 9.47 Å². The molecule has 10 heteroatoms. The van der Waals surface area contributed by atoms with Gasteiger partial charge in [0.15, 0.2) is 5.65 Å². The lowest BCUT2D eigenvalue weighted by Gasteiger charge is -2.14. The second kappa shape index (κ2) is 7.70. The summed E-state index contributed by atoms with van der Waals surface area (Å²) < 4.78 is 15.7. The summed E-state index contributed by atoms with van der Waals surface area (Å²) in [5.41, 5.74) is 1.01. The molecule has 1 unspecified atom stereocenters. The Balaban J connectivity index is 1.94. The first-order valence-corrected chi connectivity index (χ1v) is 6.90. The molecule has 126 valence electrons. The standard InChI is InChI=1S/C13H19N5O5/c1-17(2)11-14-7-9-10(16-11)18(8-15-9)12(19)22-5-4-6-23-13(20)21-3/h7-8,12,19H,4-6H2,1-3H3. The zero-order chi connectivity index (χ0) is 16.8. The van der Waals surface area contributed by atoms with E-state index in [9.17, 15) is 9.90 Å². The summed E-state index contributed by atoms with van der Waals surface area (Å²) in [6, 6.07) is 0. The molecule has 23 heavy (non-hydrogen) atoms. The highest BCUT2D eigenvalue weighted by Crippen LogP contribution is 2.17. The number of fused-ring (bicyclic) bond motifs is 1. The summed E-state index contributed by atoms with van der Waals surface area (Å²) in [5.74, 6) is 0.498.